The Bertz CT molecular complexity index is 1070. The van der Waals surface area contributed by atoms with Crippen LogP contribution in [0.1, 0.15) is 5.69 Å². The van der Waals surface area contributed by atoms with Gasteiger partial charge in [0, 0.05) is 29.1 Å². The molecule has 3 aromatic heterocycles. The van der Waals surface area contributed by atoms with Crippen LogP contribution in [0.2, 0.25) is 0 Å². The number of thioether (sulfide) groups is 1. The third kappa shape index (κ3) is 4.00. The van der Waals surface area contributed by atoms with Gasteiger partial charge in [-0.3, -0.25) is 4.98 Å². The molecule has 0 N–H and O–H groups in total. The number of rotatable bonds is 7. The van der Waals surface area contributed by atoms with E-state index in [4.69, 9.17) is 18.9 Å². The normalized spacial score (nSPS) is 10.8. The van der Waals surface area contributed by atoms with Crippen molar-refractivity contribution in [1.29, 1.82) is 0 Å². The first-order chi connectivity index (χ1) is 13.8. The van der Waals surface area contributed by atoms with E-state index in [1.807, 2.05) is 35.7 Å². The van der Waals surface area contributed by atoms with Crippen molar-refractivity contribution in [3.8, 4) is 33.5 Å². The molecular formula is C19H16N4O3S2. The Morgan fingerprint density at radius 2 is 1.96 bits per heavy atom. The standard InChI is InChI=1S/C19H16N4O3S2/c1-24-15-6-5-12(8-16(15)25-2)18-21-14(10-27-18)11-28-19-23-22-17(26-19)13-4-3-7-20-9-13/h3-10H,11H2,1-2H3. The van der Waals surface area contributed by atoms with Crippen molar-refractivity contribution in [1.82, 2.24) is 20.2 Å². The monoisotopic (exact) mass is 412 g/mol. The van der Waals surface area contributed by atoms with E-state index in [9.17, 15) is 0 Å². The number of aromatic nitrogens is 4. The van der Waals surface area contributed by atoms with E-state index in [1.54, 1.807) is 38.0 Å². The molecule has 0 saturated carbocycles. The zero-order valence-corrected chi connectivity index (χ0v) is 16.8. The minimum absolute atomic E-state index is 0.458. The number of thiazole rings is 1. The van der Waals surface area contributed by atoms with Gasteiger partial charge in [0.05, 0.1) is 25.5 Å². The molecule has 3 heterocycles. The SMILES string of the molecule is COc1ccc(-c2nc(CSc3nnc(-c4cccnc4)o3)cs2)cc1OC. The van der Waals surface area contributed by atoms with E-state index in [1.165, 1.54) is 11.8 Å². The van der Waals surface area contributed by atoms with Crippen LogP contribution in [-0.2, 0) is 5.75 Å². The molecule has 0 saturated heterocycles. The summed E-state index contributed by atoms with van der Waals surface area (Å²) >= 11 is 3.03. The lowest BCUT2D eigenvalue weighted by Gasteiger charge is -2.08. The van der Waals surface area contributed by atoms with Crippen LogP contribution in [0.3, 0.4) is 0 Å². The Hall–Kier alpha value is -2.91. The van der Waals surface area contributed by atoms with Crippen molar-refractivity contribution in [3.63, 3.8) is 0 Å². The Morgan fingerprint density at radius 3 is 2.75 bits per heavy atom. The molecule has 9 heteroatoms. The third-order valence-corrected chi connectivity index (χ3v) is 5.63. The van der Waals surface area contributed by atoms with Gasteiger partial charge >= 0.3 is 0 Å². The molecule has 28 heavy (non-hydrogen) atoms. The summed E-state index contributed by atoms with van der Waals surface area (Å²) in [6, 6.07) is 9.48. The van der Waals surface area contributed by atoms with Crippen molar-refractivity contribution >= 4 is 23.1 Å². The number of hydrogen-bond acceptors (Lipinski definition) is 9. The van der Waals surface area contributed by atoms with Crippen LogP contribution >= 0.6 is 23.1 Å². The predicted molar refractivity (Wildman–Crippen MR) is 108 cm³/mol. The fourth-order valence-corrected chi connectivity index (χ4v) is 4.06. The Labute approximate surface area is 169 Å². The van der Waals surface area contributed by atoms with Crippen LogP contribution < -0.4 is 9.47 Å². The highest BCUT2D eigenvalue weighted by Crippen LogP contribution is 2.34. The van der Waals surface area contributed by atoms with Gasteiger partial charge in [-0.25, -0.2) is 4.98 Å². The Balaban J connectivity index is 1.44. The van der Waals surface area contributed by atoms with Gasteiger partial charge < -0.3 is 13.9 Å². The van der Waals surface area contributed by atoms with Crippen molar-refractivity contribution in [2.45, 2.75) is 11.0 Å². The summed E-state index contributed by atoms with van der Waals surface area (Å²) in [5.74, 6) is 2.47. The molecule has 0 unspecified atom stereocenters. The summed E-state index contributed by atoms with van der Waals surface area (Å²) in [4.78, 5) is 8.75. The minimum atomic E-state index is 0.458. The molecule has 0 aliphatic heterocycles. The molecule has 0 spiro atoms. The summed E-state index contributed by atoms with van der Waals surface area (Å²) in [5.41, 5.74) is 2.72. The first kappa shape index (κ1) is 18.5. The smallest absolute Gasteiger partial charge is 0.277 e. The molecule has 142 valence electrons. The Kier molecular flexibility index (Phi) is 5.54. The molecular weight excluding hydrogens is 396 g/mol. The van der Waals surface area contributed by atoms with Gasteiger partial charge in [0.25, 0.3) is 5.22 Å². The van der Waals surface area contributed by atoms with Gasteiger partial charge in [0.15, 0.2) is 11.5 Å². The highest BCUT2D eigenvalue weighted by atomic mass is 32.2. The molecule has 1 aromatic carbocycles. The molecule has 4 aromatic rings. The number of pyridine rings is 1. The van der Waals surface area contributed by atoms with Crippen molar-refractivity contribution in [2.75, 3.05) is 14.2 Å². The van der Waals surface area contributed by atoms with E-state index >= 15 is 0 Å². The largest absolute Gasteiger partial charge is 0.493 e. The molecule has 0 aliphatic carbocycles. The first-order valence-electron chi connectivity index (χ1n) is 8.30. The van der Waals surface area contributed by atoms with Crippen LogP contribution in [-0.4, -0.2) is 34.4 Å². The average Bonchev–Trinajstić information content (AvgIpc) is 3.42. The van der Waals surface area contributed by atoms with E-state index in [0.717, 1.165) is 21.8 Å². The van der Waals surface area contributed by atoms with Gasteiger partial charge in [-0.15, -0.1) is 21.5 Å². The highest BCUT2D eigenvalue weighted by Gasteiger charge is 2.12. The van der Waals surface area contributed by atoms with Gasteiger partial charge in [-0.05, 0) is 30.3 Å². The van der Waals surface area contributed by atoms with Gasteiger partial charge in [-0.1, -0.05) is 11.8 Å². The van der Waals surface area contributed by atoms with Crippen molar-refractivity contribution in [3.05, 3.63) is 53.8 Å². The maximum atomic E-state index is 5.68. The number of ether oxygens (including phenoxy) is 2. The highest BCUT2D eigenvalue weighted by molar-refractivity contribution is 7.98. The zero-order chi connectivity index (χ0) is 19.3. The second-order valence-electron chi connectivity index (χ2n) is 5.62. The Morgan fingerprint density at radius 1 is 1.07 bits per heavy atom. The van der Waals surface area contributed by atoms with E-state index in [-0.39, 0.29) is 0 Å². The molecule has 0 atom stereocenters. The van der Waals surface area contributed by atoms with Crippen LogP contribution in [0.4, 0.5) is 0 Å². The van der Waals surface area contributed by atoms with Gasteiger partial charge in [0.1, 0.15) is 5.01 Å². The molecule has 0 radical (unpaired) electrons. The molecule has 0 amide bonds. The van der Waals surface area contributed by atoms with Gasteiger partial charge in [0.2, 0.25) is 5.89 Å². The third-order valence-electron chi connectivity index (χ3n) is 3.84. The van der Waals surface area contributed by atoms with Crippen LogP contribution in [0, 0.1) is 0 Å². The fourth-order valence-electron chi connectivity index (χ4n) is 2.48. The van der Waals surface area contributed by atoms with Crippen molar-refractivity contribution in [2.24, 2.45) is 0 Å². The van der Waals surface area contributed by atoms with Crippen LogP contribution in [0.5, 0.6) is 11.5 Å². The summed E-state index contributed by atoms with van der Waals surface area (Å²) in [6.45, 7) is 0. The van der Waals surface area contributed by atoms with Crippen LogP contribution in [0.15, 0.2) is 57.7 Å². The minimum Gasteiger partial charge on any atom is -0.493 e. The maximum absolute atomic E-state index is 5.68. The van der Waals surface area contributed by atoms with E-state index in [2.05, 4.69) is 15.2 Å². The molecule has 7 nitrogen and oxygen atoms in total. The molecule has 4 rings (SSSR count). The summed E-state index contributed by atoms with van der Waals surface area (Å²) in [7, 11) is 3.24. The maximum Gasteiger partial charge on any atom is 0.277 e. The quantitative estimate of drug-likeness (QED) is 0.408. The van der Waals surface area contributed by atoms with Crippen LogP contribution in [0.25, 0.3) is 22.0 Å². The average molecular weight is 412 g/mol. The lowest BCUT2D eigenvalue weighted by molar-refractivity contribution is 0.355. The number of methoxy groups -OCH3 is 2. The first-order valence-corrected chi connectivity index (χ1v) is 10.2. The van der Waals surface area contributed by atoms with E-state index < -0.39 is 0 Å². The fraction of sp³-hybridized carbons (Fsp3) is 0.158. The lowest BCUT2D eigenvalue weighted by atomic mass is 10.2. The number of benzene rings is 1. The predicted octanol–water partition coefficient (Wildman–Crippen LogP) is 4.56. The number of hydrogen-bond donors (Lipinski definition) is 0. The summed E-state index contributed by atoms with van der Waals surface area (Å²) in [5, 5.41) is 11.6. The van der Waals surface area contributed by atoms with E-state index in [0.29, 0.717) is 28.4 Å². The molecule has 0 fully saturated rings. The molecule has 0 bridgehead atoms. The summed E-state index contributed by atoms with van der Waals surface area (Å²) < 4.78 is 16.3. The molecule has 0 aliphatic rings. The summed E-state index contributed by atoms with van der Waals surface area (Å²) in [6.07, 6.45) is 3.39. The lowest BCUT2D eigenvalue weighted by Crippen LogP contribution is -1.90. The second-order valence-corrected chi connectivity index (χ2v) is 7.40. The van der Waals surface area contributed by atoms with Gasteiger partial charge in [-0.2, -0.15) is 0 Å². The number of nitrogens with zero attached hydrogens (tertiary/aromatic N) is 4. The second kappa shape index (κ2) is 8.41. The zero-order valence-electron chi connectivity index (χ0n) is 15.2. The van der Waals surface area contributed by atoms with Crippen molar-refractivity contribution < 1.29 is 13.9 Å². The topological polar surface area (TPSA) is 83.2 Å².